The summed E-state index contributed by atoms with van der Waals surface area (Å²) in [6, 6.07) is 13.9. The molecule has 7 nitrogen and oxygen atoms in total. The second-order valence-electron chi connectivity index (χ2n) is 7.35. The Hall–Kier alpha value is -2.94. The van der Waals surface area contributed by atoms with E-state index in [1.54, 1.807) is 30.3 Å². The molecule has 0 bridgehead atoms. The van der Waals surface area contributed by atoms with E-state index in [2.05, 4.69) is 15.5 Å². The maximum atomic E-state index is 12.8. The van der Waals surface area contributed by atoms with Crippen molar-refractivity contribution in [1.29, 1.82) is 0 Å². The smallest absolute Gasteiger partial charge is 0.293 e. The standard InChI is InChI=1S/C22H21ClN4O3S/c1-26-8-10-27(11-9-26)21(29)15-6-7-16(23)17(12-15)24-22(31)25-20(28)19-13-14-4-2-3-5-18(14)30-19/h2-7,12-13H,8-11H2,1H3,(H2,24,25,28,31). The van der Waals surface area contributed by atoms with Gasteiger partial charge in [-0.3, -0.25) is 14.9 Å². The van der Waals surface area contributed by atoms with Crippen LogP contribution >= 0.6 is 23.8 Å². The van der Waals surface area contributed by atoms with Gasteiger partial charge in [0.05, 0.1) is 10.7 Å². The van der Waals surface area contributed by atoms with Crippen molar-refractivity contribution in [1.82, 2.24) is 15.1 Å². The van der Waals surface area contributed by atoms with Crippen LogP contribution in [0.4, 0.5) is 5.69 Å². The number of rotatable bonds is 3. The fourth-order valence-electron chi connectivity index (χ4n) is 3.36. The summed E-state index contributed by atoms with van der Waals surface area (Å²) in [5, 5.41) is 6.74. The molecule has 31 heavy (non-hydrogen) atoms. The molecule has 0 unspecified atom stereocenters. The largest absolute Gasteiger partial charge is 0.451 e. The number of carbonyl (C=O) groups is 2. The molecule has 2 N–H and O–H groups in total. The van der Waals surface area contributed by atoms with Crippen molar-refractivity contribution in [3.05, 3.63) is 64.9 Å². The number of piperazine rings is 1. The van der Waals surface area contributed by atoms with Crippen LogP contribution in [0.2, 0.25) is 5.02 Å². The first-order chi connectivity index (χ1) is 14.9. The summed E-state index contributed by atoms with van der Waals surface area (Å²) in [4.78, 5) is 29.3. The number of furan rings is 1. The van der Waals surface area contributed by atoms with Crippen molar-refractivity contribution in [3.8, 4) is 0 Å². The van der Waals surface area contributed by atoms with Crippen molar-refractivity contribution >= 4 is 57.4 Å². The molecular weight excluding hydrogens is 436 g/mol. The molecule has 2 aromatic carbocycles. The highest BCUT2D eigenvalue weighted by Crippen LogP contribution is 2.24. The average Bonchev–Trinajstić information content (AvgIpc) is 3.20. The molecule has 0 atom stereocenters. The van der Waals surface area contributed by atoms with Crippen LogP contribution < -0.4 is 10.6 Å². The van der Waals surface area contributed by atoms with Crippen LogP contribution in [0, 0.1) is 0 Å². The Bertz CT molecular complexity index is 1120. The highest BCUT2D eigenvalue weighted by molar-refractivity contribution is 7.80. The van der Waals surface area contributed by atoms with Gasteiger partial charge in [-0.1, -0.05) is 29.8 Å². The Kier molecular flexibility index (Phi) is 6.22. The number of carbonyl (C=O) groups excluding carboxylic acids is 2. The summed E-state index contributed by atoms with van der Waals surface area (Å²) in [6.45, 7) is 3.02. The molecule has 1 aromatic heterocycles. The van der Waals surface area contributed by atoms with E-state index in [1.165, 1.54) is 0 Å². The Labute approximate surface area is 189 Å². The molecule has 9 heteroatoms. The van der Waals surface area contributed by atoms with Crippen molar-refractivity contribution in [3.63, 3.8) is 0 Å². The summed E-state index contributed by atoms with van der Waals surface area (Å²) >= 11 is 11.5. The Morgan fingerprint density at radius 1 is 1.06 bits per heavy atom. The molecule has 0 saturated carbocycles. The van der Waals surface area contributed by atoms with Crippen LogP contribution in [0.5, 0.6) is 0 Å². The van der Waals surface area contributed by atoms with Gasteiger partial charge in [0, 0.05) is 37.1 Å². The van der Waals surface area contributed by atoms with Crippen LogP contribution in [0.3, 0.4) is 0 Å². The number of para-hydroxylation sites is 1. The highest BCUT2D eigenvalue weighted by Gasteiger charge is 2.21. The van der Waals surface area contributed by atoms with Gasteiger partial charge in [-0.25, -0.2) is 0 Å². The normalized spacial score (nSPS) is 14.5. The van der Waals surface area contributed by atoms with E-state index in [-0.39, 0.29) is 16.8 Å². The predicted molar refractivity (Wildman–Crippen MR) is 125 cm³/mol. The molecule has 1 saturated heterocycles. The number of fused-ring (bicyclic) bond motifs is 1. The van der Waals surface area contributed by atoms with E-state index in [1.807, 2.05) is 30.1 Å². The van der Waals surface area contributed by atoms with Crippen LogP contribution in [0.15, 0.2) is 52.9 Å². The first-order valence-corrected chi connectivity index (χ1v) is 10.6. The van der Waals surface area contributed by atoms with E-state index >= 15 is 0 Å². The van der Waals surface area contributed by atoms with Crippen molar-refractivity contribution in [2.75, 3.05) is 38.5 Å². The van der Waals surface area contributed by atoms with Gasteiger partial charge in [-0.05, 0) is 49.6 Å². The lowest BCUT2D eigenvalue weighted by molar-refractivity contribution is 0.0664. The van der Waals surface area contributed by atoms with E-state index in [9.17, 15) is 9.59 Å². The molecule has 1 aliphatic heterocycles. The Morgan fingerprint density at radius 3 is 2.55 bits per heavy atom. The minimum absolute atomic E-state index is 0.0524. The van der Waals surface area contributed by atoms with Crippen molar-refractivity contribution in [2.45, 2.75) is 0 Å². The van der Waals surface area contributed by atoms with Crippen LogP contribution in [0.1, 0.15) is 20.9 Å². The molecule has 2 amide bonds. The quantitative estimate of drug-likeness (QED) is 0.586. The minimum atomic E-state index is -0.477. The molecule has 0 spiro atoms. The van der Waals surface area contributed by atoms with Gasteiger partial charge in [0.25, 0.3) is 11.8 Å². The number of thiocarbonyl (C=S) groups is 1. The molecule has 1 aliphatic rings. The van der Waals surface area contributed by atoms with Gasteiger partial charge in [0.1, 0.15) is 5.58 Å². The highest BCUT2D eigenvalue weighted by atomic mass is 35.5. The lowest BCUT2D eigenvalue weighted by Gasteiger charge is -2.32. The first kappa shape index (κ1) is 21.3. The molecule has 0 radical (unpaired) electrons. The van der Waals surface area contributed by atoms with Crippen LogP contribution in [-0.2, 0) is 0 Å². The van der Waals surface area contributed by atoms with Gasteiger partial charge >= 0.3 is 0 Å². The third-order valence-electron chi connectivity index (χ3n) is 5.13. The number of nitrogens with zero attached hydrogens (tertiary/aromatic N) is 2. The van der Waals surface area contributed by atoms with Crippen molar-refractivity contribution < 1.29 is 14.0 Å². The summed E-state index contributed by atoms with van der Waals surface area (Å²) < 4.78 is 5.55. The maximum Gasteiger partial charge on any atom is 0.293 e. The fourth-order valence-corrected chi connectivity index (χ4v) is 3.73. The first-order valence-electron chi connectivity index (χ1n) is 9.79. The summed E-state index contributed by atoms with van der Waals surface area (Å²) in [6.07, 6.45) is 0. The molecule has 2 heterocycles. The number of nitrogens with one attached hydrogen (secondary N) is 2. The predicted octanol–water partition coefficient (Wildman–Crippen LogP) is 3.60. The fraction of sp³-hybridized carbons (Fsp3) is 0.227. The van der Waals surface area contributed by atoms with Gasteiger partial charge in [0.15, 0.2) is 10.9 Å². The van der Waals surface area contributed by atoms with Gasteiger partial charge in [-0.2, -0.15) is 0 Å². The number of halogens is 1. The van der Waals surface area contributed by atoms with E-state index < -0.39 is 5.91 Å². The van der Waals surface area contributed by atoms with E-state index in [4.69, 9.17) is 28.2 Å². The van der Waals surface area contributed by atoms with Gasteiger partial charge in [0.2, 0.25) is 0 Å². The SMILES string of the molecule is CN1CCN(C(=O)c2ccc(Cl)c(NC(=S)NC(=O)c3cc4ccccc4o3)c2)CC1. The van der Waals surface area contributed by atoms with Gasteiger partial charge < -0.3 is 19.5 Å². The van der Waals surface area contributed by atoms with Gasteiger partial charge in [-0.15, -0.1) is 0 Å². The monoisotopic (exact) mass is 456 g/mol. The molecule has 4 rings (SSSR count). The third-order valence-corrected chi connectivity index (χ3v) is 5.66. The number of likely N-dealkylation sites (N-methyl/N-ethyl adjacent to an activating group) is 1. The van der Waals surface area contributed by atoms with E-state index in [0.29, 0.717) is 34.9 Å². The zero-order valence-electron chi connectivity index (χ0n) is 16.9. The third kappa shape index (κ3) is 4.87. The Morgan fingerprint density at radius 2 is 1.81 bits per heavy atom. The average molecular weight is 457 g/mol. The second kappa shape index (κ2) is 9.05. The zero-order chi connectivity index (χ0) is 22.0. The zero-order valence-corrected chi connectivity index (χ0v) is 18.4. The van der Waals surface area contributed by atoms with Crippen LogP contribution in [0.25, 0.3) is 11.0 Å². The second-order valence-corrected chi connectivity index (χ2v) is 8.16. The van der Waals surface area contributed by atoms with E-state index in [0.717, 1.165) is 18.5 Å². The summed E-state index contributed by atoms with van der Waals surface area (Å²) in [5.74, 6) is -0.394. The summed E-state index contributed by atoms with van der Waals surface area (Å²) in [7, 11) is 2.03. The maximum absolute atomic E-state index is 12.8. The molecule has 3 aromatic rings. The lowest BCUT2D eigenvalue weighted by atomic mass is 10.1. The molecule has 1 fully saturated rings. The Balaban J connectivity index is 1.43. The summed E-state index contributed by atoms with van der Waals surface area (Å²) in [5.41, 5.74) is 1.56. The number of hydrogen-bond donors (Lipinski definition) is 2. The topological polar surface area (TPSA) is 77.8 Å². The number of amides is 2. The van der Waals surface area contributed by atoms with Crippen LogP contribution in [-0.4, -0.2) is 60.0 Å². The molecule has 0 aliphatic carbocycles. The number of anilines is 1. The molecular formula is C22H21ClN4O3S. The molecule has 160 valence electrons. The van der Waals surface area contributed by atoms with Crippen molar-refractivity contribution in [2.24, 2.45) is 0 Å². The lowest BCUT2D eigenvalue weighted by Crippen LogP contribution is -2.47. The number of benzene rings is 2. The minimum Gasteiger partial charge on any atom is -0.451 e. The number of hydrogen-bond acceptors (Lipinski definition) is 5.